The second-order valence-electron chi connectivity index (χ2n) is 3.66. The third-order valence-electron chi connectivity index (χ3n) is 2.31. The van der Waals surface area contributed by atoms with E-state index < -0.39 is 10.8 Å². The Balaban J connectivity index is 3.50. The first-order chi connectivity index (χ1) is 7.24. The number of hydrogen-bond acceptors (Lipinski definition) is 3. The van der Waals surface area contributed by atoms with Crippen LogP contribution < -0.4 is 5.73 Å². The van der Waals surface area contributed by atoms with Crippen LogP contribution in [-0.4, -0.2) is 35.0 Å². The Morgan fingerprint density at radius 2 is 2.00 bits per heavy atom. The van der Waals surface area contributed by atoms with Gasteiger partial charge in [-0.15, -0.1) is 0 Å². The molecule has 92 valence electrons. The fraction of sp³-hybridized carbons (Fsp3) is 1.00. The Morgan fingerprint density at radius 3 is 2.53 bits per heavy atom. The first-order valence-electron chi connectivity index (χ1n) is 5.91. The van der Waals surface area contributed by atoms with Crippen LogP contribution in [0.2, 0.25) is 0 Å². The van der Waals surface area contributed by atoms with Gasteiger partial charge in [-0.1, -0.05) is 19.8 Å². The largest absolute Gasteiger partial charge is 0.377 e. The minimum Gasteiger partial charge on any atom is -0.377 e. The zero-order valence-corrected chi connectivity index (χ0v) is 10.9. The van der Waals surface area contributed by atoms with Crippen molar-refractivity contribution in [2.45, 2.75) is 45.6 Å². The molecule has 4 heteroatoms. The van der Waals surface area contributed by atoms with Gasteiger partial charge in [0.2, 0.25) is 0 Å². The summed E-state index contributed by atoms with van der Waals surface area (Å²) in [4.78, 5) is 0. The molecule has 0 bridgehead atoms. The van der Waals surface area contributed by atoms with Crippen molar-refractivity contribution in [3.8, 4) is 0 Å². The van der Waals surface area contributed by atoms with Crippen molar-refractivity contribution in [1.29, 1.82) is 0 Å². The third-order valence-corrected chi connectivity index (χ3v) is 3.74. The van der Waals surface area contributed by atoms with Crippen molar-refractivity contribution in [2.24, 2.45) is 5.73 Å². The third kappa shape index (κ3) is 9.03. The van der Waals surface area contributed by atoms with Gasteiger partial charge in [-0.05, 0) is 19.8 Å². The molecule has 2 atom stereocenters. The Bertz CT molecular complexity index is 165. The molecule has 0 aliphatic heterocycles. The SMILES string of the molecule is CCCCCS(=O)CCC(CN)OCC. The van der Waals surface area contributed by atoms with Crippen molar-refractivity contribution in [2.75, 3.05) is 24.7 Å². The van der Waals surface area contributed by atoms with Crippen LogP contribution in [0.1, 0.15) is 39.5 Å². The fourth-order valence-electron chi connectivity index (χ4n) is 1.38. The minimum absolute atomic E-state index is 0.0881. The highest BCUT2D eigenvalue weighted by atomic mass is 32.2. The quantitative estimate of drug-likeness (QED) is 0.586. The van der Waals surface area contributed by atoms with Gasteiger partial charge in [-0.2, -0.15) is 0 Å². The van der Waals surface area contributed by atoms with Gasteiger partial charge in [-0.25, -0.2) is 0 Å². The lowest BCUT2D eigenvalue weighted by molar-refractivity contribution is 0.0672. The van der Waals surface area contributed by atoms with Crippen molar-refractivity contribution in [1.82, 2.24) is 0 Å². The summed E-state index contributed by atoms with van der Waals surface area (Å²) in [5, 5.41) is 0. The van der Waals surface area contributed by atoms with Gasteiger partial charge in [0.05, 0.1) is 6.10 Å². The molecule has 0 aliphatic rings. The topological polar surface area (TPSA) is 52.3 Å². The average molecular weight is 235 g/mol. The Hall–Kier alpha value is 0.0700. The first kappa shape index (κ1) is 15.1. The van der Waals surface area contributed by atoms with E-state index in [2.05, 4.69) is 6.92 Å². The maximum Gasteiger partial charge on any atom is 0.0705 e. The highest BCUT2D eigenvalue weighted by Gasteiger charge is 2.08. The number of nitrogens with two attached hydrogens (primary N) is 1. The molecule has 15 heavy (non-hydrogen) atoms. The number of rotatable bonds is 10. The first-order valence-corrected chi connectivity index (χ1v) is 7.40. The van der Waals surface area contributed by atoms with Gasteiger partial charge in [0, 0.05) is 35.5 Å². The Morgan fingerprint density at radius 1 is 1.27 bits per heavy atom. The number of unbranched alkanes of at least 4 members (excludes halogenated alkanes) is 2. The predicted molar refractivity (Wildman–Crippen MR) is 66.5 cm³/mol. The summed E-state index contributed by atoms with van der Waals surface area (Å²) in [7, 11) is -0.683. The molecule has 0 aromatic rings. The summed E-state index contributed by atoms with van der Waals surface area (Å²) < 4.78 is 17.0. The molecular formula is C11H25NO2S. The van der Waals surface area contributed by atoms with Crippen LogP contribution in [0.4, 0.5) is 0 Å². The van der Waals surface area contributed by atoms with E-state index in [4.69, 9.17) is 10.5 Å². The fourth-order valence-corrected chi connectivity index (χ4v) is 2.64. The van der Waals surface area contributed by atoms with E-state index in [-0.39, 0.29) is 6.10 Å². The number of hydrogen-bond donors (Lipinski definition) is 1. The van der Waals surface area contributed by atoms with E-state index in [1.165, 1.54) is 12.8 Å². The van der Waals surface area contributed by atoms with Crippen molar-refractivity contribution < 1.29 is 8.95 Å². The molecule has 0 radical (unpaired) electrons. The predicted octanol–water partition coefficient (Wildman–Crippen LogP) is 1.68. The molecule has 0 saturated heterocycles. The molecule has 0 saturated carbocycles. The summed E-state index contributed by atoms with van der Waals surface area (Å²) in [6.45, 7) is 5.33. The van der Waals surface area contributed by atoms with Gasteiger partial charge in [0.1, 0.15) is 0 Å². The highest BCUT2D eigenvalue weighted by molar-refractivity contribution is 7.84. The number of ether oxygens (including phenoxy) is 1. The molecule has 0 rings (SSSR count). The summed E-state index contributed by atoms with van der Waals surface area (Å²) in [5.41, 5.74) is 5.54. The van der Waals surface area contributed by atoms with Crippen LogP contribution in [0.5, 0.6) is 0 Å². The lowest BCUT2D eigenvalue weighted by Crippen LogP contribution is -2.25. The van der Waals surface area contributed by atoms with Crippen LogP contribution in [0.3, 0.4) is 0 Å². The lowest BCUT2D eigenvalue weighted by atomic mass is 10.3. The maximum absolute atomic E-state index is 11.6. The van der Waals surface area contributed by atoms with Gasteiger partial charge in [-0.3, -0.25) is 4.21 Å². The molecule has 0 aromatic heterocycles. The monoisotopic (exact) mass is 235 g/mol. The van der Waals surface area contributed by atoms with E-state index in [1.807, 2.05) is 6.92 Å². The van der Waals surface area contributed by atoms with Gasteiger partial charge >= 0.3 is 0 Å². The van der Waals surface area contributed by atoms with Crippen LogP contribution in [-0.2, 0) is 15.5 Å². The van der Waals surface area contributed by atoms with E-state index in [0.717, 1.165) is 24.3 Å². The van der Waals surface area contributed by atoms with Gasteiger partial charge in [0.25, 0.3) is 0 Å². The minimum atomic E-state index is -0.683. The standard InChI is InChI=1S/C11H25NO2S/c1-3-5-6-8-15(13)9-7-11(10-12)14-4-2/h11H,3-10,12H2,1-2H3. The molecule has 0 amide bonds. The van der Waals surface area contributed by atoms with Crippen LogP contribution in [0.15, 0.2) is 0 Å². The Labute approximate surface area is 96.2 Å². The molecule has 0 aliphatic carbocycles. The van der Waals surface area contributed by atoms with Crippen molar-refractivity contribution in [3.05, 3.63) is 0 Å². The molecular weight excluding hydrogens is 210 g/mol. The van der Waals surface area contributed by atoms with E-state index >= 15 is 0 Å². The maximum atomic E-state index is 11.6. The van der Waals surface area contributed by atoms with Gasteiger partial charge in [0.15, 0.2) is 0 Å². The van der Waals surface area contributed by atoms with Crippen LogP contribution in [0, 0.1) is 0 Å². The molecule has 0 aromatic carbocycles. The second-order valence-corrected chi connectivity index (χ2v) is 5.35. The van der Waals surface area contributed by atoms with Gasteiger partial charge < -0.3 is 10.5 Å². The zero-order valence-electron chi connectivity index (χ0n) is 10.0. The normalized spacial score (nSPS) is 15.1. The summed E-state index contributed by atoms with van der Waals surface area (Å²) >= 11 is 0. The van der Waals surface area contributed by atoms with Crippen LogP contribution in [0.25, 0.3) is 0 Å². The smallest absolute Gasteiger partial charge is 0.0705 e. The molecule has 0 fully saturated rings. The molecule has 0 spiro atoms. The molecule has 2 unspecified atom stereocenters. The van der Waals surface area contributed by atoms with Crippen LogP contribution >= 0.6 is 0 Å². The zero-order chi connectivity index (χ0) is 11.5. The lowest BCUT2D eigenvalue weighted by Gasteiger charge is -2.14. The van der Waals surface area contributed by atoms with E-state index in [9.17, 15) is 4.21 Å². The molecule has 2 N–H and O–H groups in total. The van der Waals surface area contributed by atoms with E-state index in [1.54, 1.807) is 0 Å². The molecule has 0 heterocycles. The van der Waals surface area contributed by atoms with Crippen molar-refractivity contribution in [3.63, 3.8) is 0 Å². The van der Waals surface area contributed by atoms with Crippen molar-refractivity contribution >= 4 is 10.8 Å². The summed E-state index contributed by atoms with van der Waals surface area (Å²) in [6, 6.07) is 0. The average Bonchev–Trinajstić information content (AvgIpc) is 2.24. The molecule has 3 nitrogen and oxygen atoms in total. The Kier molecular flexibility index (Phi) is 10.6. The summed E-state index contributed by atoms with van der Waals surface area (Å²) in [6.07, 6.45) is 4.35. The highest BCUT2D eigenvalue weighted by Crippen LogP contribution is 2.02. The summed E-state index contributed by atoms with van der Waals surface area (Å²) in [5.74, 6) is 1.56. The van der Waals surface area contributed by atoms with E-state index in [0.29, 0.717) is 13.2 Å². The second kappa shape index (κ2) is 10.6.